The molecule has 2 aromatic carbocycles. The predicted molar refractivity (Wildman–Crippen MR) is 108 cm³/mol. The van der Waals surface area contributed by atoms with E-state index in [0.717, 1.165) is 4.73 Å². The largest absolute Gasteiger partial charge is 0.366 e. The van der Waals surface area contributed by atoms with Crippen LogP contribution >= 0.6 is 0 Å². The van der Waals surface area contributed by atoms with Gasteiger partial charge in [-0.25, -0.2) is 19.2 Å². The van der Waals surface area contributed by atoms with Crippen molar-refractivity contribution in [2.75, 3.05) is 0 Å². The normalized spacial score (nSPS) is 10.6. The fraction of sp³-hybridized carbons (Fsp3) is 0.0455. The Hall–Kier alpha value is -4.58. The highest BCUT2D eigenvalue weighted by Gasteiger charge is 2.19. The number of amides is 1. The van der Waals surface area contributed by atoms with Crippen molar-refractivity contribution in [2.45, 2.75) is 6.92 Å². The predicted octanol–water partition coefficient (Wildman–Crippen LogP) is 2.79. The van der Waals surface area contributed by atoms with Crippen molar-refractivity contribution in [1.82, 2.24) is 14.7 Å². The fourth-order valence-electron chi connectivity index (χ4n) is 3.11. The number of rotatable bonds is 4. The number of hydrogen-bond donors (Lipinski definition) is 1. The zero-order chi connectivity index (χ0) is 22.1. The molecule has 2 heterocycles. The summed E-state index contributed by atoms with van der Waals surface area (Å²) in [5.74, 6) is -1.65. The summed E-state index contributed by atoms with van der Waals surface area (Å²) >= 11 is 0. The van der Waals surface area contributed by atoms with Crippen LogP contribution in [0.2, 0.25) is 0 Å². The van der Waals surface area contributed by atoms with E-state index in [9.17, 15) is 14.0 Å². The van der Waals surface area contributed by atoms with E-state index in [2.05, 4.69) is 9.97 Å². The molecule has 4 aromatic rings. The van der Waals surface area contributed by atoms with Crippen molar-refractivity contribution in [2.24, 2.45) is 5.73 Å². The molecule has 0 saturated heterocycles. The molecule has 0 aliphatic heterocycles. The highest BCUT2D eigenvalue weighted by Crippen LogP contribution is 2.23. The maximum absolute atomic E-state index is 13.5. The summed E-state index contributed by atoms with van der Waals surface area (Å²) in [6.45, 7) is 1.60. The van der Waals surface area contributed by atoms with Gasteiger partial charge in [0.05, 0.1) is 34.6 Å². The van der Waals surface area contributed by atoms with Gasteiger partial charge in [0.15, 0.2) is 5.82 Å². The van der Waals surface area contributed by atoms with Crippen molar-refractivity contribution in [3.63, 3.8) is 0 Å². The third-order valence-corrected chi connectivity index (χ3v) is 4.63. The number of carbonyl (C=O) groups excluding carboxylic acids is 2. The highest BCUT2D eigenvalue weighted by atomic mass is 19.1. The van der Waals surface area contributed by atoms with Gasteiger partial charge >= 0.3 is 5.97 Å². The van der Waals surface area contributed by atoms with E-state index >= 15 is 0 Å². The van der Waals surface area contributed by atoms with Gasteiger partial charge in [-0.3, -0.25) is 4.79 Å². The Morgan fingerprint density at radius 3 is 2.68 bits per heavy atom. The van der Waals surface area contributed by atoms with Gasteiger partial charge in [-0.1, -0.05) is 12.1 Å². The molecule has 152 valence electrons. The molecular weight excluding hydrogens is 401 g/mol. The Morgan fingerprint density at radius 2 is 2.00 bits per heavy atom. The molecule has 2 N–H and O–H groups in total. The van der Waals surface area contributed by atoms with Crippen LogP contribution in [0, 0.1) is 24.1 Å². The molecule has 0 fully saturated rings. The van der Waals surface area contributed by atoms with E-state index in [1.807, 2.05) is 6.07 Å². The first-order chi connectivity index (χ1) is 14.9. The molecule has 0 atom stereocenters. The van der Waals surface area contributed by atoms with Crippen LogP contribution < -0.4 is 10.6 Å². The van der Waals surface area contributed by atoms with Crippen LogP contribution in [0.4, 0.5) is 4.39 Å². The number of primary amides is 1. The van der Waals surface area contributed by atoms with E-state index in [1.165, 1.54) is 42.7 Å². The summed E-state index contributed by atoms with van der Waals surface area (Å²) in [5.41, 5.74) is 7.13. The molecule has 31 heavy (non-hydrogen) atoms. The molecule has 0 aliphatic rings. The second-order valence-corrected chi connectivity index (χ2v) is 6.66. The smallest absolute Gasteiger partial charge is 0.366 e. The van der Waals surface area contributed by atoms with E-state index in [1.54, 1.807) is 19.1 Å². The highest BCUT2D eigenvalue weighted by molar-refractivity contribution is 6.06. The average Bonchev–Trinajstić information content (AvgIpc) is 3.11. The summed E-state index contributed by atoms with van der Waals surface area (Å²) < 4.78 is 14.6. The number of aryl methyl sites for hydroxylation is 1. The number of aromatic nitrogens is 3. The van der Waals surface area contributed by atoms with Crippen LogP contribution in [-0.4, -0.2) is 26.6 Å². The average molecular weight is 415 g/mol. The van der Waals surface area contributed by atoms with Crippen LogP contribution in [0.5, 0.6) is 0 Å². The second-order valence-electron chi connectivity index (χ2n) is 6.66. The summed E-state index contributed by atoms with van der Waals surface area (Å²) in [6.07, 6.45) is 2.57. The lowest BCUT2D eigenvalue weighted by molar-refractivity contribution is 0.0479. The number of hydrogen-bond acceptors (Lipinski definition) is 6. The molecule has 2 aromatic heterocycles. The molecule has 0 aliphatic carbocycles. The van der Waals surface area contributed by atoms with Crippen LogP contribution in [0.1, 0.15) is 32.0 Å². The maximum atomic E-state index is 13.5. The van der Waals surface area contributed by atoms with Gasteiger partial charge in [0.1, 0.15) is 11.4 Å². The lowest BCUT2D eigenvalue weighted by atomic mass is 10.1. The number of fused-ring (bicyclic) bond motifs is 1. The van der Waals surface area contributed by atoms with Crippen molar-refractivity contribution < 1.29 is 18.8 Å². The lowest BCUT2D eigenvalue weighted by Crippen LogP contribution is -2.21. The molecule has 9 heteroatoms. The van der Waals surface area contributed by atoms with Crippen molar-refractivity contribution >= 4 is 22.8 Å². The number of halogens is 1. The molecule has 0 radical (unpaired) electrons. The van der Waals surface area contributed by atoms with Gasteiger partial charge in [0, 0.05) is 17.1 Å². The van der Waals surface area contributed by atoms with E-state index < -0.39 is 17.7 Å². The molecule has 4 rings (SSSR count). The first-order valence-corrected chi connectivity index (χ1v) is 9.04. The number of nitrogens with zero attached hydrogens (tertiary/aromatic N) is 4. The van der Waals surface area contributed by atoms with E-state index in [0.29, 0.717) is 27.7 Å². The van der Waals surface area contributed by atoms with E-state index in [-0.39, 0.29) is 17.0 Å². The zero-order valence-electron chi connectivity index (χ0n) is 16.2. The Bertz CT molecular complexity index is 1400. The molecule has 0 bridgehead atoms. The van der Waals surface area contributed by atoms with Crippen molar-refractivity contribution in [3.8, 4) is 17.5 Å². The van der Waals surface area contributed by atoms with Gasteiger partial charge in [-0.2, -0.15) is 9.99 Å². The van der Waals surface area contributed by atoms with Crippen molar-refractivity contribution in [1.29, 1.82) is 5.26 Å². The Balaban J connectivity index is 1.68. The zero-order valence-corrected chi connectivity index (χ0v) is 16.2. The summed E-state index contributed by atoms with van der Waals surface area (Å²) in [6, 6.07) is 12.3. The Kier molecular flexibility index (Phi) is 4.89. The molecule has 0 saturated carbocycles. The quantitative estimate of drug-likeness (QED) is 0.547. The topological polar surface area (TPSA) is 124 Å². The Morgan fingerprint density at radius 1 is 1.19 bits per heavy atom. The van der Waals surface area contributed by atoms with Gasteiger partial charge in [-0.05, 0) is 37.3 Å². The van der Waals surface area contributed by atoms with Crippen molar-refractivity contribution in [3.05, 3.63) is 83.1 Å². The van der Waals surface area contributed by atoms with Gasteiger partial charge in [0.2, 0.25) is 0 Å². The summed E-state index contributed by atoms with van der Waals surface area (Å²) in [5, 5.41) is 9.47. The number of benzene rings is 2. The minimum Gasteiger partial charge on any atom is -0.366 e. The molecular formula is C22H14FN5O3. The Labute approximate surface area is 175 Å². The van der Waals surface area contributed by atoms with Crippen LogP contribution in [0.25, 0.3) is 22.3 Å². The first-order valence-electron chi connectivity index (χ1n) is 9.04. The molecule has 8 nitrogen and oxygen atoms in total. The van der Waals surface area contributed by atoms with Gasteiger partial charge in [-0.15, -0.1) is 0 Å². The maximum Gasteiger partial charge on any atom is 0.366 e. The SMILES string of the molecule is Cc1nc(-c2cccc(F)c2)ncc1C(=O)On1cc(C(N)=O)c2cc(C#N)ccc21. The lowest BCUT2D eigenvalue weighted by Gasteiger charge is -2.09. The summed E-state index contributed by atoms with van der Waals surface area (Å²) in [7, 11) is 0. The van der Waals surface area contributed by atoms with E-state index in [4.69, 9.17) is 15.8 Å². The fourth-order valence-corrected chi connectivity index (χ4v) is 3.11. The van der Waals surface area contributed by atoms with Crippen LogP contribution in [-0.2, 0) is 0 Å². The van der Waals surface area contributed by atoms with Gasteiger partial charge in [0.25, 0.3) is 5.91 Å². The van der Waals surface area contributed by atoms with Crippen LogP contribution in [0.15, 0.2) is 54.9 Å². The summed E-state index contributed by atoms with van der Waals surface area (Å²) in [4.78, 5) is 38.3. The third-order valence-electron chi connectivity index (χ3n) is 4.63. The van der Waals surface area contributed by atoms with Crippen LogP contribution in [0.3, 0.4) is 0 Å². The minimum absolute atomic E-state index is 0.0938. The monoisotopic (exact) mass is 415 g/mol. The number of nitrogens with two attached hydrogens (primary N) is 1. The second kappa shape index (κ2) is 7.68. The molecule has 0 unspecified atom stereocenters. The first kappa shape index (κ1) is 19.7. The standard InChI is InChI=1S/C22H14FN5O3/c1-12-17(10-26-21(27-12)14-3-2-4-15(23)8-14)22(30)31-28-11-18(20(25)29)16-7-13(9-24)5-6-19(16)28/h2-8,10-11H,1H3,(H2,25,29). The third kappa shape index (κ3) is 3.70. The number of nitriles is 1. The molecule has 0 spiro atoms. The molecule has 1 amide bonds. The number of carbonyl (C=O) groups is 2. The minimum atomic E-state index is -0.763. The van der Waals surface area contributed by atoms with Gasteiger partial charge < -0.3 is 10.6 Å².